The number of fused-ring (bicyclic) bond motifs is 1. The Morgan fingerprint density at radius 3 is 2.49 bits per heavy atom. The van der Waals surface area contributed by atoms with Crippen LogP contribution in [0.4, 0.5) is 17.3 Å². The maximum Gasteiger partial charge on any atom is 0.290 e. The quantitative estimate of drug-likeness (QED) is 0.257. The number of ether oxygens (including phenoxy) is 1. The molecular weight excluding hydrogens is 502 g/mol. The third-order valence-corrected chi connectivity index (χ3v) is 6.51. The number of aryl methyl sites for hydroxylation is 1. The number of hydrogen-bond donors (Lipinski definition) is 4. The zero-order valence-electron chi connectivity index (χ0n) is 22.0. The third kappa shape index (κ3) is 5.94. The summed E-state index contributed by atoms with van der Waals surface area (Å²) in [6.45, 7) is 5.29. The summed E-state index contributed by atoms with van der Waals surface area (Å²) in [6, 6.07) is 8.34. The second-order valence-corrected chi connectivity index (χ2v) is 8.82. The van der Waals surface area contributed by atoms with Gasteiger partial charge in [0.1, 0.15) is 11.2 Å². The van der Waals surface area contributed by atoms with E-state index in [4.69, 9.17) is 20.4 Å². The van der Waals surface area contributed by atoms with Crippen LogP contribution in [0.3, 0.4) is 0 Å². The summed E-state index contributed by atoms with van der Waals surface area (Å²) in [5, 5.41) is 13.2. The first-order chi connectivity index (χ1) is 18.9. The number of carbonyl (C=O) groups is 2. The smallest absolute Gasteiger partial charge is 0.290 e. The fourth-order valence-electron chi connectivity index (χ4n) is 4.43. The van der Waals surface area contributed by atoms with Crippen molar-refractivity contribution >= 4 is 40.7 Å². The summed E-state index contributed by atoms with van der Waals surface area (Å²) >= 11 is 0. The number of imidazole rings is 1. The molecule has 1 aliphatic rings. The molecule has 39 heavy (non-hydrogen) atoms. The number of aromatic nitrogens is 5. The predicted octanol–water partition coefficient (Wildman–Crippen LogP) is 2.40. The minimum absolute atomic E-state index is 0.0303. The van der Waals surface area contributed by atoms with Crippen LogP contribution in [0.25, 0.3) is 22.3 Å². The molecular formula is C26H31N9O4. The fraction of sp³-hybridized carbons (Fsp3) is 0.308. The summed E-state index contributed by atoms with van der Waals surface area (Å²) in [5.41, 5.74) is 10.4. The van der Waals surface area contributed by atoms with Gasteiger partial charge in [0.15, 0.2) is 17.3 Å². The Balaban J connectivity index is 0.00000112. The Morgan fingerprint density at radius 2 is 1.85 bits per heavy atom. The van der Waals surface area contributed by atoms with Gasteiger partial charge in [0.25, 0.3) is 12.4 Å². The molecule has 0 unspecified atom stereocenters. The number of anilines is 3. The second-order valence-electron chi connectivity index (χ2n) is 8.82. The summed E-state index contributed by atoms with van der Waals surface area (Å²) in [7, 11) is 3.63. The number of primary amides is 1. The van der Waals surface area contributed by atoms with Gasteiger partial charge in [0, 0.05) is 45.1 Å². The molecule has 1 atom stereocenters. The van der Waals surface area contributed by atoms with Crippen molar-refractivity contribution in [2.24, 2.45) is 12.8 Å². The summed E-state index contributed by atoms with van der Waals surface area (Å²) in [4.78, 5) is 41.2. The van der Waals surface area contributed by atoms with E-state index >= 15 is 0 Å². The largest absolute Gasteiger partial charge is 0.483 e. The van der Waals surface area contributed by atoms with Crippen molar-refractivity contribution in [1.82, 2.24) is 29.4 Å². The monoisotopic (exact) mass is 533 g/mol. The van der Waals surface area contributed by atoms with Crippen molar-refractivity contribution in [3.63, 3.8) is 0 Å². The SMILES string of the molecule is CNc1nc(Nc2ccc([C@@H](C)N3CCOCC3)cc2)c(C(N)=O)nc1-c1cncc2c1ncn2C.O=CO. The molecule has 1 fully saturated rings. The number of nitrogens with one attached hydrogen (secondary N) is 2. The van der Waals surface area contributed by atoms with Crippen molar-refractivity contribution < 1.29 is 19.4 Å². The van der Waals surface area contributed by atoms with Crippen molar-refractivity contribution in [2.75, 3.05) is 44.0 Å². The molecule has 3 aromatic heterocycles. The van der Waals surface area contributed by atoms with Gasteiger partial charge in [0.05, 0.1) is 36.8 Å². The lowest BCUT2D eigenvalue weighted by Crippen LogP contribution is -2.37. The highest BCUT2D eigenvalue weighted by Crippen LogP contribution is 2.32. The van der Waals surface area contributed by atoms with Crippen molar-refractivity contribution in [2.45, 2.75) is 13.0 Å². The Hall–Kier alpha value is -4.62. The number of nitrogens with two attached hydrogens (primary N) is 1. The average molecular weight is 534 g/mol. The average Bonchev–Trinajstić information content (AvgIpc) is 3.34. The second kappa shape index (κ2) is 12.3. The van der Waals surface area contributed by atoms with Gasteiger partial charge in [-0.15, -0.1) is 0 Å². The first-order valence-electron chi connectivity index (χ1n) is 12.3. The van der Waals surface area contributed by atoms with E-state index in [9.17, 15) is 4.79 Å². The topological polar surface area (TPSA) is 173 Å². The molecule has 13 heteroatoms. The van der Waals surface area contributed by atoms with Crippen LogP contribution in [-0.2, 0) is 16.6 Å². The first-order valence-corrected chi connectivity index (χ1v) is 12.3. The highest BCUT2D eigenvalue weighted by atomic mass is 16.5. The van der Waals surface area contributed by atoms with Crippen LogP contribution in [0.2, 0.25) is 0 Å². The molecule has 13 nitrogen and oxygen atoms in total. The van der Waals surface area contributed by atoms with Crippen molar-refractivity contribution in [1.29, 1.82) is 0 Å². The lowest BCUT2D eigenvalue weighted by molar-refractivity contribution is -0.122. The van der Waals surface area contributed by atoms with Gasteiger partial charge in [-0.2, -0.15) is 0 Å². The van der Waals surface area contributed by atoms with Crippen LogP contribution in [0.15, 0.2) is 43.0 Å². The number of hydrogen-bond acceptors (Lipinski definition) is 10. The highest BCUT2D eigenvalue weighted by molar-refractivity contribution is 5.99. The summed E-state index contributed by atoms with van der Waals surface area (Å²) < 4.78 is 7.33. The van der Waals surface area contributed by atoms with E-state index in [1.54, 1.807) is 25.8 Å². The van der Waals surface area contributed by atoms with E-state index in [1.165, 1.54) is 5.56 Å². The Labute approximate surface area is 225 Å². The molecule has 4 heterocycles. The van der Waals surface area contributed by atoms with Gasteiger partial charge >= 0.3 is 0 Å². The maximum absolute atomic E-state index is 12.4. The van der Waals surface area contributed by atoms with Gasteiger partial charge in [-0.1, -0.05) is 12.1 Å². The van der Waals surface area contributed by atoms with Gasteiger partial charge < -0.3 is 30.8 Å². The molecule has 0 spiro atoms. The van der Waals surface area contributed by atoms with Gasteiger partial charge in [0.2, 0.25) is 0 Å². The van der Waals surface area contributed by atoms with Crippen molar-refractivity contribution in [3.05, 3.63) is 54.2 Å². The van der Waals surface area contributed by atoms with E-state index in [1.807, 2.05) is 23.7 Å². The van der Waals surface area contributed by atoms with Gasteiger partial charge in [-0.05, 0) is 24.6 Å². The van der Waals surface area contributed by atoms with Crippen LogP contribution in [-0.4, -0.2) is 80.2 Å². The van der Waals surface area contributed by atoms with Crippen LogP contribution < -0.4 is 16.4 Å². The van der Waals surface area contributed by atoms with E-state index in [-0.39, 0.29) is 24.0 Å². The highest BCUT2D eigenvalue weighted by Gasteiger charge is 2.22. The lowest BCUT2D eigenvalue weighted by Gasteiger charge is -2.32. The lowest BCUT2D eigenvalue weighted by atomic mass is 10.1. The molecule has 0 saturated carbocycles. The predicted molar refractivity (Wildman–Crippen MR) is 147 cm³/mol. The van der Waals surface area contributed by atoms with E-state index in [2.05, 4.69) is 54.5 Å². The number of benzene rings is 1. The van der Waals surface area contributed by atoms with Crippen LogP contribution in [0, 0.1) is 0 Å². The van der Waals surface area contributed by atoms with Crippen LogP contribution in [0.5, 0.6) is 0 Å². The van der Waals surface area contributed by atoms with Crippen LogP contribution in [0.1, 0.15) is 29.0 Å². The standard InChI is InChI=1S/C25H29N9O2.CH2O2/c1-15(34-8-10-36-11-9-34)16-4-6-17(7-5-16)30-25-22(23(26)35)31-21(24(27-2)32-25)18-12-28-13-19-20(18)29-14-33(19)3;2-1-3/h4-7,12-15H,8-11H2,1-3H3,(H2,26,35)(H2,27,30,32);1H,(H,2,3)/t15-;/m1./s1. The minimum atomic E-state index is -0.687. The minimum Gasteiger partial charge on any atom is -0.483 e. The fourth-order valence-corrected chi connectivity index (χ4v) is 4.43. The third-order valence-electron chi connectivity index (χ3n) is 6.51. The Morgan fingerprint density at radius 1 is 1.15 bits per heavy atom. The number of nitrogens with zero attached hydrogens (tertiary/aromatic N) is 6. The van der Waals surface area contributed by atoms with E-state index in [0.717, 1.165) is 37.5 Å². The summed E-state index contributed by atoms with van der Waals surface area (Å²) in [6.07, 6.45) is 5.09. The molecule has 204 valence electrons. The molecule has 4 aromatic rings. The molecule has 0 bridgehead atoms. The molecule has 5 rings (SSSR count). The molecule has 1 amide bonds. The van der Waals surface area contributed by atoms with Gasteiger partial charge in [-0.3, -0.25) is 19.5 Å². The zero-order chi connectivity index (χ0) is 27.9. The zero-order valence-corrected chi connectivity index (χ0v) is 22.0. The Kier molecular flexibility index (Phi) is 8.63. The first kappa shape index (κ1) is 27.4. The molecule has 0 aliphatic carbocycles. The molecule has 5 N–H and O–H groups in total. The maximum atomic E-state index is 12.4. The normalized spacial score (nSPS) is 14.2. The number of morpholine rings is 1. The number of carboxylic acid groups (broad SMARTS) is 1. The number of amides is 1. The van der Waals surface area contributed by atoms with Crippen LogP contribution >= 0.6 is 0 Å². The van der Waals surface area contributed by atoms with E-state index in [0.29, 0.717) is 22.6 Å². The number of pyridine rings is 1. The number of rotatable bonds is 7. The molecule has 1 saturated heterocycles. The summed E-state index contributed by atoms with van der Waals surface area (Å²) in [5.74, 6) is 0.0540. The molecule has 1 aliphatic heterocycles. The van der Waals surface area contributed by atoms with E-state index < -0.39 is 5.91 Å². The number of carbonyl (C=O) groups excluding carboxylic acids is 1. The van der Waals surface area contributed by atoms with Crippen molar-refractivity contribution in [3.8, 4) is 11.3 Å². The van der Waals surface area contributed by atoms with Gasteiger partial charge in [-0.25, -0.2) is 15.0 Å². The Bertz CT molecular complexity index is 1450. The molecule has 1 aromatic carbocycles. The molecule has 0 radical (unpaired) electrons.